The number of hydrogen-bond acceptors (Lipinski definition) is 5. The highest BCUT2D eigenvalue weighted by Crippen LogP contribution is 2.43. The number of carbonyl (C=O) groups excluding carboxylic acids is 2. The predicted molar refractivity (Wildman–Crippen MR) is 71.6 cm³/mol. The molecule has 20 heavy (non-hydrogen) atoms. The standard InChI is InChI=1S/C15H22O5/c1-3-20-15(18)11-6-4-5-9-7-10(14(17)19-2)8-12(16)13(9)11/h4-5,9-13,16H,3,6-8H2,1-2H3/t9?,10-,11-,12-,13?/m0/s1. The van der Waals surface area contributed by atoms with E-state index in [2.05, 4.69) is 0 Å². The molecular weight excluding hydrogens is 260 g/mol. The normalized spacial score (nSPS) is 36.0. The van der Waals surface area contributed by atoms with Gasteiger partial charge in [0.05, 0.1) is 31.7 Å². The van der Waals surface area contributed by atoms with Crippen LogP contribution >= 0.6 is 0 Å². The lowest BCUT2D eigenvalue weighted by molar-refractivity contribution is -0.158. The zero-order chi connectivity index (χ0) is 14.7. The number of aliphatic hydroxyl groups excluding tert-OH is 1. The molecule has 5 atom stereocenters. The first-order valence-corrected chi connectivity index (χ1v) is 7.17. The van der Waals surface area contributed by atoms with Crippen molar-refractivity contribution in [1.29, 1.82) is 0 Å². The van der Waals surface area contributed by atoms with E-state index in [1.807, 2.05) is 12.2 Å². The molecule has 2 rings (SSSR count). The number of carbonyl (C=O) groups is 2. The molecule has 0 saturated heterocycles. The van der Waals surface area contributed by atoms with E-state index in [0.29, 0.717) is 25.9 Å². The van der Waals surface area contributed by atoms with E-state index in [1.54, 1.807) is 6.92 Å². The number of hydrogen-bond donors (Lipinski definition) is 1. The van der Waals surface area contributed by atoms with Crippen LogP contribution in [0, 0.1) is 23.7 Å². The van der Waals surface area contributed by atoms with Crippen molar-refractivity contribution in [2.24, 2.45) is 23.7 Å². The van der Waals surface area contributed by atoms with E-state index < -0.39 is 6.10 Å². The van der Waals surface area contributed by atoms with E-state index in [0.717, 1.165) is 0 Å². The summed E-state index contributed by atoms with van der Waals surface area (Å²) in [5.41, 5.74) is 0. The van der Waals surface area contributed by atoms with E-state index in [9.17, 15) is 14.7 Å². The van der Waals surface area contributed by atoms with Crippen LogP contribution in [0.3, 0.4) is 0 Å². The summed E-state index contributed by atoms with van der Waals surface area (Å²) in [4.78, 5) is 23.7. The Morgan fingerprint density at radius 3 is 2.70 bits per heavy atom. The number of esters is 2. The fourth-order valence-corrected chi connectivity index (χ4v) is 3.51. The second-order valence-corrected chi connectivity index (χ2v) is 5.52. The Labute approximate surface area is 118 Å². The van der Waals surface area contributed by atoms with E-state index in [1.165, 1.54) is 7.11 Å². The van der Waals surface area contributed by atoms with E-state index in [-0.39, 0.29) is 35.6 Å². The highest BCUT2D eigenvalue weighted by molar-refractivity contribution is 5.74. The minimum atomic E-state index is -0.669. The maximum atomic E-state index is 12.0. The van der Waals surface area contributed by atoms with E-state index in [4.69, 9.17) is 9.47 Å². The molecule has 0 aromatic carbocycles. The molecular formula is C15H22O5. The lowest BCUT2D eigenvalue weighted by Gasteiger charge is -2.42. The molecule has 0 aromatic heterocycles. The van der Waals surface area contributed by atoms with Crippen LogP contribution in [0.2, 0.25) is 0 Å². The van der Waals surface area contributed by atoms with Crippen LogP contribution in [0.5, 0.6) is 0 Å². The summed E-state index contributed by atoms with van der Waals surface area (Å²) in [5, 5.41) is 10.4. The third-order valence-electron chi connectivity index (χ3n) is 4.38. The Morgan fingerprint density at radius 1 is 1.30 bits per heavy atom. The van der Waals surface area contributed by atoms with Crippen molar-refractivity contribution in [3.8, 4) is 0 Å². The second kappa shape index (κ2) is 6.39. The SMILES string of the molecule is CCOC(=O)[C@H]1CC=CC2C[C@H](C(=O)OC)C[C@H](O)C21. The fourth-order valence-electron chi connectivity index (χ4n) is 3.51. The molecule has 1 N–H and O–H groups in total. The van der Waals surface area contributed by atoms with Crippen molar-refractivity contribution in [2.75, 3.05) is 13.7 Å². The average Bonchev–Trinajstić information content (AvgIpc) is 2.45. The molecule has 2 aliphatic carbocycles. The minimum Gasteiger partial charge on any atom is -0.469 e. The van der Waals surface area contributed by atoms with E-state index >= 15 is 0 Å². The summed E-state index contributed by atoms with van der Waals surface area (Å²) >= 11 is 0. The van der Waals surface area contributed by atoms with Gasteiger partial charge in [0.2, 0.25) is 0 Å². The van der Waals surface area contributed by atoms with Gasteiger partial charge in [-0.15, -0.1) is 0 Å². The quantitative estimate of drug-likeness (QED) is 0.624. The Morgan fingerprint density at radius 2 is 2.05 bits per heavy atom. The molecule has 112 valence electrons. The summed E-state index contributed by atoms with van der Waals surface area (Å²) < 4.78 is 9.86. The van der Waals surface area contributed by atoms with Crippen LogP contribution in [0.15, 0.2) is 12.2 Å². The van der Waals surface area contributed by atoms with Crippen LogP contribution < -0.4 is 0 Å². The third kappa shape index (κ3) is 2.87. The summed E-state index contributed by atoms with van der Waals surface area (Å²) in [5.74, 6) is -1.25. The average molecular weight is 282 g/mol. The molecule has 0 radical (unpaired) electrons. The van der Waals surface area contributed by atoms with Gasteiger partial charge < -0.3 is 14.6 Å². The Bertz CT molecular complexity index is 403. The van der Waals surface area contributed by atoms with Crippen LogP contribution in [-0.2, 0) is 19.1 Å². The van der Waals surface area contributed by atoms with Crippen molar-refractivity contribution >= 4 is 11.9 Å². The molecule has 0 bridgehead atoms. The van der Waals surface area contributed by atoms with Gasteiger partial charge in [-0.2, -0.15) is 0 Å². The van der Waals surface area contributed by atoms with Gasteiger partial charge in [0.1, 0.15) is 0 Å². The Hall–Kier alpha value is -1.36. The first-order valence-electron chi connectivity index (χ1n) is 7.17. The number of allylic oxidation sites excluding steroid dienone is 2. The summed E-state index contributed by atoms with van der Waals surface area (Å²) in [6.07, 6.45) is 4.88. The topological polar surface area (TPSA) is 72.8 Å². The van der Waals surface area contributed by atoms with Crippen LogP contribution in [0.25, 0.3) is 0 Å². The van der Waals surface area contributed by atoms with Crippen molar-refractivity contribution < 1.29 is 24.2 Å². The Kier molecular flexibility index (Phi) is 4.81. The smallest absolute Gasteiger partial charge is 0.309 e. The fraction of sp³-hybridized carbons (Fsp3) is 0.733. The molecule has 2 aliphatic rings. The molecule has 0 aromatic rings. The van der Waals surface area contributed by atoms with Gasteiger partial charge in [-0.1, -0.05) is 12.2 Å². The molecule has 0 spiro atoms. The summed E-state index contributed by atoms with van der Waals surface area (Å²) in [6.45, 7) is 2.12. The number of aliphatic hydroxyl groups is 1. The van der Waals surface area contributed by atoms with Gasteiger partial charge in [-0.05, 0) is 32.1 Å². The van der Waals surface area contributed by atoms with Crippen LogP contribution in [-0.4, -0.2) is 36.9 Å². The highest BCUT2D eigenvalue weighted by atomic mass is 16.5. The molecule has 2 unspecified atom stereocenters. The van der Waals surface area contributed by atoms with Crippen LogP contribution in [0.1, 0.15) is 26.2 Å². The molecule has 5 nitrogen and oxygen atoms in total. The van der Waals surface area contributed by atoms with Crippen molar-refractivity contribution in [3.05, 3.63) is 12.2 Å². The predicted octanol–water partition coefficient (Wildman–Crippen LogP) is 1.30. The monoisotopic (exact) mass is 282 g/mol. The van der Waals surface area contributed by atoms with Gasteiger partial charge in [-0.3, -0.25) is 9.59 Å². The van der Waals surface area contributed by atoms with Crippen molar-refractivity contribution in [2.45, 2.75) is 32.3 Å². The van der Waals surface area contributed by atoms with Gasteiger partial charge >= 0.3 is 11.9 Å². The van der Waals surface area contributed by atoms with Crippen molar-refractivity contribution in [1.82, 2.24) is 0 Å². The first-order chi connectivity index (χ1) is 9.58. The maximum absolute atomic E-state index is 12.0. The van der Waals surface area contributed by atoms with Gasteiger partial charge in [0.25, 0.3) is 0 Å². The molecule has 5 heteroatoms. The molecule has 1 fully saturated rings. The number of fused-ring (bicyclic) bond motifs is 1. The number of rotatable bonds is 3. The Balaban J connectivity index is 2.13. The summed E-state index contributed by atoms with van der Waals surface area (Å²) in [7, 11) is 1.36. The van der Waals surface area contributed by atoms with Gasteiger partial charge in [0, 0.05) is 5.92 Å². The lowest BCUT2D eigenvalue weighted by atomic mass is 9.64. The molecule has 1 saturated carbocycles. The second-order valence-electron chi connectivity index (χ2n) is 5.52. The van der Waals surface area contributed by atoms with Gasteiger partial charge in [-0.25, -0.2) is 0 Å². The minimum absolute atomic E-state index is 0.0333. The highest BCUT2D eigenvalue weighted by Gasteiger charge is 2.46. The lowest BCUT2D eigenvalue weighted by Crippen LogP contribution is -2.46. The summed E-state index contributed by atoms with van der Waals surface area (Å²) in [6, 6.07) is 0. The maximum Gasteiger partial charge on any atom is 0.309 e. The van der Waals surface area contributed by atoms with Gasteiger partial charge in [0.15, 0.2) is 0 Å². The van der Waals surface area contributed by atoms with Crippen LogP contribution in [0.4, 0.5) is 0 Å². The molecule has 0 heterocycles. The first kappa shape index (κ1) is 15.0. The molecule has 0 amide bonds. The molecule has 0 aliphatic heterocycles. The zero-order valence-corrected chi connectivity index (χ0v) is 12.0. The third-order valence-corrected chi connectivity index (χ3v) is 4.38. The largest absolute Gasteiger partial charge is 0.469 e. The number of ether oxygens (including phenoxy) is 2. The van der Waals surface area contributed by atoms with Crippen molar-refractivity contribution in [3.63, 3.8) is 0 Å². The zero-order valence-electron chi connectivity index (χ0n) is 12.0. The number of methoxy groups -OCH3 is 1.